The zero-order valence-electron chi connectivity index (χ0n) is 17.0. The number of aromatic amines is 1. The molecular formula is C24H25N3O3. The summed E-state index contributed by atoms with van der Waals surface area (Å²) in [5, 5.41) is 0.739. The zero-order valence-corrected chi connectivity index (χ0v) is 17.0. The number of fused-ring (bicyclic) bond motifs is 1. The molecule has 3 aromatic rings. The number of ketones is 1. The second-order valence-electron chi connectivity index (χ2n) is 7.85. The van der Waals surface area contributed by atoms with E-state index in [1.54, 1.807) is 18.1 Å². The smallest absolute Gasteiger partial charge is 0.295 e. The lowest BCUT2D eigenvalue weighted by Gasteiger charge is -2.33. The van der Waals surface area contributed by atoms with Gasteiger partial charge in [0.05, 0.1) is 11.5 Å². The van der Waals surface area contributed by atoms with Crippen LogP contribution in [-0.4, -0.2) is 52.5 Å². The van der Waals surface area contributed by atoms with Crippen molar-refractivity contribution in [1.82, 2.24) is 14.8 Å². The number of hydrogen-bond donors (Lipinski definition) is 1. The first-order valence-electron chi connectivity index (χ1n) is 10.2. The lowest BCUT2D eigenvalue weighted by Crippen LogP contribution is -2.47. The van der Waals surface area contributed by atoms with Gasteiger partial charge in [-0.3, -0.25) is 14.4 Å². The minimum atomic E-state index is -0.539. The summed E-state index contributed by atoms with van der Waals surface area (Å²) in [5.74, 6) is -1.34. The number of nitrogens with one attached hydrogen (secondary N) is 1. The zero-order chi connectivity index (χ0) is 21.1. The molecule has 1 fully saturated rings. The van der Waals surface area contributed by atoms with Crippen LogP contribution < -0.4 is 0 Å². The first kappa shape index (κ1) is 19.9. The number of benzene rings is 2. The van der Waals surface area contributed by atoms with E-state index < -0.39 is 11.7 Å². The number of Topliss-reactive ketones (excluding diaryl/α,β-unsaturated/α-hetero) is 1. The Bertz CT molecular complexity index is 1070. The maximum absolute atomic E-state index is 12.9. The summed E-state index contributed by atoms with van der Waals surface area (Å²) in [4.78, 5) is 45.0. The van der Waals surface area contributed by atoms with E-state index in [2.05, 4.69) is 4.98 Å². The van der Waals surface area contributed by atoms with Crippen LogP contribution in [0.4, 0.5) is 0 Å². The molecule has 2 heterocycles. The molecule has 1 saturated heterocycles. The highest BCUT2D eigenvalue weighted by Gasteiger charge is 2.33. The number of carbonyl (C=O) groups is 3. The number of carbonyl (C=O) groups excluding carboxylic acids is 3. The molecule has 0 radical (unpaired) electrons. The molecule has 154 valence electrons. The van der Waals surface area contributed by atoms with Gasteiger partial charge in [-0.05, 0) is 24.5 Å². The predicted molar refractivity (Wildman–Crippen MR) is 115 cm³/mol. The van der Waals surface area contributed by atoms with Crippen LogP contribution in [0.1, 0.15) is 28.8 Å². The fourth-order valence-corrected chi connectivity index (χ4v) is 4.13. The fourth-order valence-electron chi connectivity index (χ4n) is 4.13. The predicted octanol–water partition coefficient (Wildman–Crippen LogP) is 3.25. The molecule has 6 heteroatoms. The standard InChI is InChI=1S/C24H25N3O3/c1-26(15-17-8-3-2-4-9-17)23(29)18-10-7-13-27(16-18)24(30)22(28)20-14-25-21-12-6-5-11-19(20)21/h2-6,8-9,11-12,14,18,25H,7,10,13,15-16H2,1H3/t18-/m1/s1. The van der Waals surface area contributed by atoms with Crippen LogP contribution in [0.25, 0.3) is 10.9 Å². The molecule has 1 aliphatic rings. The monoisotopic (exact) mass is 403 g/mol. The number of aromatic nitrogens is 1. The highest BCUT2D eigenvalue weighted by Crippen LogP contribution is 2.23. The minimum absolute atomic E-state index is 0.0101. The van der Waals surface area contributed by atoms with E-state index in [0.717, 1.165) is 22.9 Å². The van der Waals surface area contributed by atoms with Gasteiger partial charge in [0.25, 0.3) is 11.7 Å². The maximum Gasteiger partial charge on any atom is 0.295 e. The number of rotatable bonds is 5. The molecule has 0 bridgehead atoms. The molecule has 2 aromatic carbocycles. The van der Waals surface area contributed by atoms with Crippen molar-refractivity contribution < 1.29 is 14.4 Å². The van der Waals surface area contributed by atoms with E-state index in [-0.39, 0.29) is 18.4 Å². The Hall–Kier alpha value is -3.41. The highest BCUT2D eigenvalue weighted by atomic mass is 16.2. The SMILES string of the molecule is CN(Cc1ccccc1)C(=O)[C@@H]1CCCN(C(=O)C(=O)c2c[nH]c3ccccc23)C1. The largest absolute Gasteiger partial charge is 0.360 e. The molecule has 0 saturated carbocycles. The average molecular weight is 403 g/mol. The Morgan fingerprint density at radius 2 is 1.80 bits per heavy atom. The molecule has 0 unspecified atom stereocenters. The van der Waals surface area contributed by atoms with Crippen LogP contribution in [0, 0.1) is 5.92 Å². The number of likely N-dealkylation sites (tertiary alicyclic amines) is 1. The third-order valence-corrected chi connectivity index (χ3v) is 5.72. The van der Waals surface area contributed by atoms with E-state index in [1.165, 1.54) is 4.90 Å². The third-order valence-electron chi connectivity index (χ3n) is 5.72. The fraction of sp³-hybridized carbons (Fsp3) is 0.292. The van der Waals surface area contributed by atoms with Gasteiger partial charge in [-0.1, -0.05) is 48.5 Å². The molecule has 0 spiro atoms. The Kier molecular flexibility index (Phi) is 5.65. The van der Waals surface area contributed by atoms with Crippen LogP contribution in [-0.2, 0) is 16.1 Å². The number of nitrogens with zero attached hydrogens (tertiary/aromatic N) is 2. The van der Waals surface area contributed by atoms with Gasteiger partial charge in [-0.2, -0.15) is 0 Å². The van der Waals surface area contributed by atoms with Crippen LogP contribution in [0.15, 0.2) is 60.8 Å². The van der Waals surface area contributed by atoms with Crippen LogP contribution in [0.2, 0.25) is 0 Å². The molecule has 4 rings (SSSR count). The van der Waals surface area contributed by atoms with Crippen molar-refractivity contribution in [1.29, 1.82) is 0 Å². The number of amides is 2. The van der Waals surface area contributed by atoms with E-state index in [0.29, 0.717) is 25.1 Å². The third kappa shape index (κ3) is 3.99. The van der Waals surface area contributed by atoms with Crippen molar-refractivity contribution in [2.24, 2.45) is 5.92 Å². The summed E-state index contributed by atoms with van der Waals surface area (Å²) in [6.45, 7) is 1.31. The minimum Gasteiger partial charge on any atom is -0.360 e. The van der Waals surface area contributed by atoms with Crippen molar-refractivity contribution in [2.75, 3.05) is 20.1 Å². The molecule has 6 nitrogen and oxygen atoms in total. The first-order chi connectivity index (χ1) is 14.5. The normalized spacial score (nSPS) is 16.4. The van der Waals surface area contributed by atoms with Crippen molar-refractivity contribution in [2.45, 2.75) is 19.4 Å². The van der Waals surface area contributed by atoms with E-state index in [4.69, 9.17) is 0 Å². The van der Waals surface area contributed by atoms with E-state index in [1.807, 2.05) is 54.6 Å². The molecule has 1 atom stereocenters. The molecule has 30 heavy (non-hydrogen) atoms. The summed E-state index contributed by atoms with van der Waals surface area (Å²) in [6.07, 6.45) is 3.02. The van der Waals surface area contributed by atoms with Crippen molar-refractivity contribution in [3.8, 4) is 0 Å². The molecule has 0 aliphatic carbocycles. The second-order valence-corrected chi connectivity index (χ2v) is 7.85. The van der Waals surface area contributed by atoms with Gasteiger partial charge >= 0.3 is 0 Å². The quantitative estimate of drug-likeness (QED) is 0.525. The number of para-hydroxylation sites is 1. The molecule has 2 amide bonds. The van der Waals surface area contributed by atoms with Gasteiger partial charge in [-0.25, -0.2) is 0 Å². The Morgan fingerprint density at radius 3 is 2.60 bits per heavy atom. The Labute approximate surface area is 175 Å². The molecule has 1 N–H and O–H groups in total. The van der Waals surface area contributed by atoms with Gasteiger partial charge in [0.1, 0.15) is 0 Å². The summed E-state index contributed by atoms with van der Waals surface area (Å²) < 4.78 is 0. The van der Waals surface area contributed by atoms with Gasteiger partial charge < -0.3 is 14.8 Å². The topological polar surface area (TPSA) is 73.5 Å². The van der Waals surface area contributed by atoms with Crippen molar-refractivity contribution >= 4 is 28.5 Å². The maximum atomic E-state index is 12.9. The molecule has 1 aromatic heterocycles. The summed E-state index contributed by atoms with van der Waals surface area (Å²) >= 11 is 0. The van der Waals surface area contributed by atoms with Gasteiger partial charge in [0.2, 0.25) is 5.91 Å². The Morgan fingerprint density at radius 1 is 1.07 bits per heavy atom. The number of piperidine rings is 1. The molecule has 1 aliphatic heterocycles. The first-order valence-corrected chi connectivity index (χ1v) is 10.2. The summed E-state index contributed by atoms with van der Waals surface area (Å²) in [7, 11) is 1.78. The van der Waals surface area contributed by atoms with Crippen LogP contribution >= 0.6 is 0 Å². The second kappa shape index (κ2) is 8.53. The van der Waals surface area contributed by atoms with Crippen LogP contribution in [0.5, 0.6) is 0 Å². The van der Waals surface area contributed by atoms with Crippen LogP contribution in [0.3, 0.4) is 0 Å². The highest BCUT2D eigenvalue weighted by molar-refractivity contribution is 6.44. The van der Waals surface area contributed by atoms with Gasteiger partial charge in [0, 0.05) is 43.8 Å². The summed E-state index contributed by atoms with van der Waals surface area (Å²) in [6, 6.07) is 17.2. The number of hydrogen-bond acceptors (Lipinski definition) is 3. The van der Waals surface area contributed by atoms with Gasteiger partial charge in [0.15, 0.2) is 0 Å². The summed E-state index contributed by atoms with van der Waals surface area (Å²) in [5.41, 5.74) is 2.26. The van der Waals surface area contributed by atoms with Crippen molar-refractivity contribution in [3.05, 3.63) is 71.9 Å². The van der Waals surface area contributed by atoms with Gasteiger partial charge in [-0.15, -0.1) is 0 Å². The van der Waals surface area contributed by atoms with Crippen molar-refractivity contribution in [3.63, 3.8) is 0 Å². The van der Waals surface area contributed by atoms with E-state index in [9.17, 15) is 14.4 Å². The molecular weight excluding hydrogens is 378 g/mol. The average Bonchev–Trinajstić information content (AvgIpc) is 3.22. The lowest BCUT2D eigenvalue weighted by atomic mass is 9.95. The Balaban J connectivity index is 1.43. The lowest BCUT2D eigenvalue weighted by molar-refractivity contribution is -0.138. The van der Waals surface area contributed by atoms with E-state index >= 15 is 0 Å². The number of H-pyrrole nitrogens is 1.